The van der Waals surface area contributed by atoms with Crippen molar-refractivity contribution >= 4 is 17.5 Å². The SMILES string of the molecule is CN(C)CCNC(=O)C(=O)NC[C@H]1CC[C@@H]2[C@H](O1)c1cc(C(F)(F)F)ccc1N[C@H]2c1ccccc1. The van der Waals surface area contributed by atoms with Crippen molar-refractivity contribution in [3.63, 3.8) is 0 Å². The monoisotopic (exact) mass is 504 g/mol. The Kier molecular flexibility index (Phi) is 7.85. The van der Waals surface area contributed by atoms with Crippen molar-refractivity contribution in [3.05, 3.63) is 65.2 Å². The molecule has 7 nitrogen and oxygen atoms in total. The van der Waals surface area contributed by atoms with Crippen molar-refractivity contribution in [3.8, 4) is 0 Å². The fourth-order valence-corrected chi connectivity index (χ4v) is 4.83. The number of nitrogens with one attached hydrogen (secondary N) is 3. The van der Waals surface area contributed by atoms with Gasteiger partial charge in [-0.25, -0.2) is 0 Å². The summed E-state index contributed by atoms with van der Waals surface area (Å²) in [4.78, 5) is 26.1. The third-order valence-electron chi connectivity index (χ3n) is 6.67. The van der Waals surface area contributed by atoms with Crippen LogP contribution in [0.4, 0.5) is 18.9 Å². The molecule has 2 heterocycles. The molecule has 0 radical (unpaired) electrons. The third kappa shape index (κ3) is 5.99. The summed E-state index contributed by atoms with van der Waals surface area (Å²) < 4.78 is 46.7. The maximum atomic E-state index is 13.5. The van der Waals surface area contributed by atoms with Crippen LogP contribution in [-0.2, 0) is 20.5 Å². The number of rotatable bonds is 6. The van der Waals surface area contributed by atoms with E-state index in [1.54, 1.807) is 0 Å². The van der Waals surface area contributed by atoms with Crippen molar-refractivity contribution in [2.45, 2.75) is 37.3 Å². The maximum Gasteiger partial charge on any atom is 0.416 e. The lowest BCUT2D eigenvalue weighted by Crippen LogP contribution is -2.47. The van der Waals surface area contributed by atoms with Gasteiger partial charge in [-0.05, 0) is 50.7 Å². The molecule has 0 spiro atoms. The smallest absolute Gasteiger partial charge is 0.378 e. The predicted octanol–water partition coefficient (Wildman–Crippen LogP) is 3.50. The molecule has 0 unspecified atom stereocenters. The molecule has 2 aliphatic heterocycles. The van der Waals surface area contributed by atoms with E-state index in [4.69, 9.17) is 4.74 Å². The Labute approximate surface area is 208 Å². The Hall–Kier alpha value is -3.11. The highest BCUT2D eigenvalue weighted by Crippen LogP contribution is 2.51. The molecule has 194 valence electrons. The lowest BCUT2D eigenvalue weighted by Gasteiger charge is -2.46. The molecule has 4 atom stereocenters. The minimum Gasteiger partial charge on any atom is -0.378 e. The third-order valence-corrected chi connectivity index (χ3v) is 6.67. The molecular formula is C26H31F3N4O3. The molecule has 2 aromatic carbocycles. The number of halogens is 3. The number of hydrogen-bond acceptors (Lipinski definition) is 5. The predicted molar refractivity (Wildman–Crippen MR) is 129 cm³/mol. The Balaban J connectivity index is 1.49. The molecule has 0 aromatic heterocycles. The lowest BCUT2D eigenvalue weighted by atomic mass is 9.76. The highest BCUT2D eigenvalue weighted by atomic mass is 19.4. The Morgan fingerprint density at radius 3 is 2.47 bits per heavy atom. The average molecular weight is 505 g/mol. The van der Waals surface area contributed by atoms with Gasteiger partial charge >= 0.3 is 18.0 Å². The first-order valence-electron chi connectivity index (χ1n) is 12.0. The van der Waals surface area contributed by atoms with Gasteiger partial charge in [0.1, 0.15) is 0 Å². The average Bonchev–Trinajstić information content (AvgIpc) is 2.86. The number of amides is 2. The van der Waals surface area contributed by atoms with E-state index in [9.17, 15) is 22.8 Å². The molecule has 1 saturated heterocycles. The number of likely N-dealkylation sites (N-methyl/N-ethyl adjacent to an activating group) is 1. The van der Waals surface area contributed by atoms with Crippen LogP contribution in [0.15, 0.2) is 48.5 Å². The van der Waals surface area contributed by atoms with Gasteiger partial charge in [0, 0.05) is 36.8 Å². The molecule has 4 rings (SSSR count). The quantitative estimate of drug-likeness (QED) is 0.525. The van der Waals surface area contributed by atoms with Crippen molar-refractivity contribution in [1.29, 1.82) is 0 Å². The van der Waals surface area contributed by atoms with Gasteiger partial charge in [-0.3, -0.25) is 9.59 Å². The molecule has 0 bridgehead atoms. The van der Waals surface area contributed by atoms with Crippen LogP contribution in [0.2, 0.25) is 0 Å². The summed E-state index contributed by atoms with van der Waals surface area (Å²) in [6.45, 7) is 1.04. The molecule has 3 N–H and O–H groups in total. The zero-order valence-electron chi connectivity index (χ0n) is 20.3. The second-order valence-electron chi connectivity index (χ2n) is 9.52. The number of nitrogens with zero attached hydrogens (tertiary/aromatic N) is 1. The molecule has 2 amide bonds. The zero-order valence-corrected chi connectivity index (χ0v) is 20.3. The first-order chi connectivity index (χ1) is 17.1. The van der Waals surface area contributed by atoms with Crippen molar-refractivity contribution in [2.24, 2.45) is 5.92 Å². The van der Waals surface area contributed by atoms with Gasteiger partial charge in [-0.2, -0.15) is 13.2 Å². The number of benzene rings is 2. The Morgan fingerprint density at radius 1 is 1.06 bits per heavy atom. The Bertz CT molecular complexity index is 1080. The summed E-state index contributed by atoms with van der Waals surface area (Å²) in [5.41, 5.74) is 1.36. The molecule has 2 aromatic rings. The number of carbonyl (C=O) groups is 2. The van der Waals surface area contributed by atoms with E-state index in [0.717, 1.165) is 17.7 Å². The summed E-state index contributed by atoms with van der Waals surface area (Å²) in [5.74, 6) is -1.58. The van der Waals surface area contributed by atoms with Crippen LogP contribution >= 0.6 is 0 Å². The maximum absolute atomic E-state index is 13.5. The van der Waals surface area contributed by atoms with E-state index < -0.39 is 35.8 Å². The number of carbonyl (C=O) groups excluding carboxylic acids is 2. The minimum absolute atomic E-state index is 0.0929. The van der Waals surface area contributed by atoms with Crippen LogP contribution in [0, 0.1) is 5.92 Å². The standard InChI is InChI=1S/C26H31F3N4O3/c1-33(2)13-12-30-24(34)25(35)31-15-18-9-10-19-22(16-6-4-3-5-7-16)32-21-11-8-17(26(27,28)29)14-20(21)23(19)36-18/h3-8,11,14,18-19,22-23,32H,9-10,12-13,15H2,1-2H3,(H,30,34)(H,31,35)/t18-,19+,22+,23+/m1/s1. The van der Waals surface area contributed by atoms with Crippen LogP contribution in [-0.4, -0.2) is 56.5 Å². The van der Waals surface area contributed by atoms with E-state index in [2.05, 4.69) is 16.0 Å². The van der Waals surface area contributed by atoms with Gasteiger partial charge in [-0.15, -0.1) is 0 Å². The number of hydrogen-bond donors (Lipinski definition) is 3. The summed E-state index contributed by atoms with van der Waals surface area (Å²) in [5, 5.41) is 8.58. The van der Waals surface area contributed by atoms with E-state index >= 15 is 0 Å². The number of ether oxygens (including phenoxy) is 1. The van der Waals surface area contributed by atoms with Crippen LogP contribution in [0.25, 0.3) is 0 Å². The summed E-state index contributed by atoms with van der Waals surface area (Å²) in [6.07, 6.45) is -4.20. The van der Waals surface area contributed by atoms with Crippen molar-refractivity contribution in [2.75, 3.05) is 39.0 Å². The van der Waals surface area contributed by atoms with Gasteiger partial charge in [0.25, 0.3) is 0 Å². The van der Waals surface area contributed by atoms with Crippen LogP contribution in [0.1, 0.15) is 41.7 Å². The topological polar surface area (TPSA) is 82.7 Å². The van der Waals surface area contributed by atoms with Gasteiger partial charge in [0.05, 0.1) is 23.8 Å². The molecule has 1 fully saturated rings. The van der Waals surface area contributed by atoms with E-state index in [1.165, 1.54) is 6.07 Å². The van der Waals surface area contributed by atoms with E-state index in [1.807, 2.05) is 49.3 Å². The van der Waals surface area contributed by atoms with Crippen LogP contribution < -0.4 is 16.0 Å². The first kappa shape index (κ1) is 26.0. The number of anilines is 1. The molecular weight excluding hydrogens is 473 g/mol. The first-order valence-corrected chi connectivity index (χ1v) is 12.0. The highest BCUT2D eigenvalue weighted by Gasteiger charge is 2.43. The fraction of sp³-hybridized carbons (Fsp3) is 0.462. The summed E-state index contributed by atoms with van der Waals surface area (Å²) in [6, 6.07) is 13.3. The van der Waals surface area contributed by atoms with Crippen LogP contribution in [0.3, 0.4) is 0 Å². The highest BCUT2D eigenvalue weighted by molar-refractivity contribution is 6.35. The molecule has 2 aliphatic rings. The molecule has 0 saturated carbocycles. The number of fused-ring (bicyclic) bond motifs is 3. The van der Waals surface area contributed by atoms with E-state index in [0.29, 0.717) is 37.2 Å². The van der Waals surface area contributed by atoms with Gasteiger partial charge in [0.15, 0.2) is 0 Å². The second-order valence-corrected chi connectivity index (χ2v) is 9.52. The number of alkyl halides is 3. The lowest BCUT2D eigenvalue weighted by molar-refractivity contribution is -0.140. The van der Waals surface area contributed by atoms with Crippen molar-refractivity contribution in [1.82, 2.24) is 15.5 Å². The molecule has 0 aliphatic carbocycles. The molecule has 36 heavy (non-hydrogen) atoms. The second kappa shape index (κ2) is 10.9. The zero-order chi connectivity index (χ0) is 25.9. The summed E-state index contributed by atoms with van der Waals surface area (Å²) >= 11 is 0. The summed E-state index contributed by atoms with van der Waals surface area (Å²) in [7, 11) is 3.72. The fourth-order valence-electron chi connectivity index (χ4n) is 4.83. The van der Waals surface area contributed by atoms with Crippen LogP contribution in [0.5, 0.6) is 0 Å². The minimum atomic E-state index is -4.47. The van der Waals surface area contributed by atoms with Gasteiger partial charge < -0.3 is 25.6 Å². The van der Waals surface area contributed by atoms with Crippen molar-refractivity contribution < 1.29 is 27.5 Å². The normalized spacial score (nSPS) is 23.3. The van der Waals surface area contributed by atoms with Gasteiger partial charge in [-0.1, -0.05) is 30.3 Å². The van der Waals surface area contributed by atoms with Gasteiger partial charge in [0.2, 0.25) is 0 Å². The molecule has 10 heteroatoms. The Morgan fingerprint density at radius 2 is 1.78 bits per heavy atom. The van der Waals surface area contributed by atoms with E-state index in [-0.39, 0.29) is 18.5 Å². The largest absolute Gasteiger partial charge is 0.416 e.